The van der Waals surface area contributed by atoms with Crippen molar-refractivity contribution < 1.29 is 47.7 Å². The van der Waals surface area contributed by atoms with E-state index in [-0.39, 0.29) is 34.6 Å². The maximum Gasteiger partial charge on any atom is 0.422 e. The van der Waals surface area contributed by atoms with Crippen molar-refractivity contribution in [3.05, 3.63) is 58.4 Å². The Morgan fingerprint density at radius 1 is 1.37 bits per heavy atom. The van der Waals surface area contributed by atoms with E-state index >= 15 is 0 Å². The molecule has 4 atom stereocenters. The number of carboxylic acid groups (broad SMARTS) is 1. The van der Waals surface area contributed by atoms with E-state index < -0.39 is 42.0 Å². The Bertz CT molecular complexity index is 1550. The van der Waals surface area contributed by atoms with Gasteiger partial charge < -0.3 is 35.2 Å². The normalized spacial score (nSPS) is 18.5. The number of carbonyl (C=O) groups excluding carboxylic acids is 1. The SMILES string of the molecule is C[C@@H](O)[C@H]1C(=O)N2C(C(=O)O)=C(SCCNC=N)C[C@H]12.Cc1c(OCC(F)(F)F)ccnc1C[S+]([O-])c1nc2ccccc2[nH]1.O. The largest absolute Gasteiger partial charge is 0.609 e. The Morgan fingerprint density at radius 2 is 2.09 bits per heavy atom. The van der Waals surface area contributed by atoms with Gasteiger partial charge in [-0.1, -0.05) is 12.1 Å². The lowest BCUT2D eigenvalue weighted by Gasteiger charge is -2.44. The van der Waals surface area contributed by atoms with E-state index in [9.17, 15) is 37.5 Å². The molecule has 0 aliphatic carbocycles. The van der Waals surface area contributed by atoms with Crippen molar-refractivity contribution in [1.82, 2.24) is 25.2 Å². The number of nitrogens with one attached hydrogen (secondary N) is 3. The van der Waals surface area contributed by atoms with Gasteiger partial charge in [-0.2, -0.15) is 18.2 Å². The van der Waals surface area contributed by atoms with Gasteiger partial charge >= 0.3 is 17.3 Å². The van der Waals surface area contributed by atoms with Gasteiger partial charge in [0, 0.05) is 46.6 Å². The third kappa shape index (κ3) is 8.49. The van der Waals surface area contributed by atoms with Crippen LogP contribution in [-0.4, -0.2) is 95.5 Å². The Labute approximate surface area is 268 Å². The number of thioether (sulfide) groups is 1. The molecular weight excluding hydrogens is 653 g/mol. The van der Waals surface area contributed by atoms with Gasteiger partial charge in [0.25, 0.3) is 0 Å². The number of nitrogens with zero attached hydrogens (tertiary/aromatic N) is 3. The number of hydrogen-bond donors (Lipinski definition) is 5. The summed E-state index contributed by atoms with van der Waals surface area (Å²) in [6.45, 7) is 2.32. The first-order valence-electron chi connectivity index (χ1n) is 13.6. The van der Waals surface area contributed by atoms with Crippen molar-refractivity contribution in [3.63, 3.8) is 0 Å². The first kappa shape index (κ1) is 36.6. The Balaban J connectivity index is 0.000000251. The second-order valence-corrected chi connectivity index (χ2v) is 12.7. The van der Waals surface area contributed by atoms with Crippen molar-refractivity contribution in [3.8, 4) is 5.75 Å². The first-order valence-corrected chi connectivity index (χ1v) is 15.9. The van der Waals surface area contributed by atoms with Crippen LogP contribution in [0.3, 0.4) is 0 Å². The summed E-state index contributed by atoms with van der Waals surface area (Å²) in [6, 6.07) is 8.39. The number of imidazole rings is 1. The predicted molar refractivity (Wildman–Crippen MR) is 165 cm³/mol. The summed E-state index contributed by atoms with van der Waals surface area (Å²) in [5, 5.41) is 28.7. The third-order valence-electron chi connectivity index (χ3n) is 7.02. The fourth-order valence-electron chi connectivity index (χ4n) is 4.92. The molecule has 1 saturated heterocycles. The minimum absolute atomic E-state index is 0. The molecule has 0 spiro atoms. The van der Waals surface area contributed by atoms with Gasteiger partial charge in [0.1, 0.15) is 11.4 Å². The molecule has 1 aromatic carbocycles. The molecule has 4 heterocycles. The number of aromatic nitrogens is 3. The van der Waals surface area contributed by atoms with E-state index in [0.717, 1.165) is 11.9 Å². The van der Waals surface area contributed by atoms with Crippen LogP contribution in [0, 0.1) is 18.3 Å². The Morgan fingerprint density at radius 3 is 2.72 bits per heavy atom. The number of para-hydroxylation sites is 2. The number of fused-ring (bicyclic) bond motifs is 2. The topological polar surface area (TPSA) is 219 Å². The molecule has 2 aliphatic rings. The average molecular weight is 687 g/mol. The van der Waals surface area contributed by atoms with E-state index in [1.54, 1.807) is 19.9 Å². The van der Waals surface area contributed by atoms with E-state index in [1.807, 2.05) is 18.2 Å². The predicted octanol–water partition coefficient (Wildman–Crippen LogP) is 2.51. The quantitative estimate of drug-likeness (QED) is 0.0616. The zero-order valence-corrected chi connectivity index (χ0v) is 26.3. The molecule has 5 rings (SSSR count). The summed E-state index contributed by atoms with van der Waals surface area (Å²) < 4.78 is 54.2. The zero-order chi connectivity index (χ0) is 32.9. The molecule has 3 aromatic rings. The number of pyridine rings is 1. The second-order valence-electron chi connectivity index (χ2n) is 10.1. The number of aliphatic carboxylic acids is 1. The van der Waals surface area contributed by atoms with Gasteiger partial charge in [-0.3, -0.25) is 20.2 Å². The van der Waals surface area contributed by atoms with Crippen molar-refractivity contribution in [2.45, 2.75) is 49.5 Å². The lowest BCUT2D eigenvalue weighted by Crippen LogP contribution is -2.61. The van der Waals surface area contributed by atoms with Crippen molar-refractivity contribution in [1.29, 1.82) is 5.41 Å². The van der Waals surface area contributed by atoms with Gasteiger partial charge in [-0.15, -0.1) is 11.8 Å². The van der Waals surface area contributed by atoms with Crippen LogP contribution >= 0.6 is 11.8 Å². The fourth-order valence-corrected chi connectivity index (χ4v) is 7.09. The minimum atomic E-state index is -4.42. The molecule has 13 nitrogen and oxygen atoms in total. The van der Waals surface area contributed by atoms with Gasteiger partial charge in [0.2, 0.25) is 5.91 Å². The number of carbonyl (C=O) groups is 2. The number of rotatable bonds is 12. The number of aromatic amines is 1. The van der Waals surface area contributed by atoms with Crippen LogP contribution in [0.4, 0.5) is 13.2 Å². The maximum absolute atomic E-state index is 12.5. The molecule has 2 aromatic heterocycles. The summed E-state index contributed by atoms with van der Waals surface area (Å²) in [6.07, 6.45) is -2.28. The number of aliphatic hydroxyl groups is 1. The van der Waals surface area contributed by atoms with Crippen molar-refractivity contribution in [2.24, 2.45) is 5.92 Å². The van der Waals surface area contributed by atoms with E-state index in [1.165, 1.54) is 28.9 Å². The van der Waals surface area contributed by atoms with Crippen LogP contribution in [0.15, 0.2) is 52.3 Å². The smallest absolute Gasteiger partial charge is 0.422 e. The Kier molecular flexibility index (Phi) is 12.4. The molecule has 1 fully saturated rings. The van der Waals surface area contributed by atoms with Crippen LogP contribution in [0.2, 0.25) is 0 Å². The number of aliphatic hydroxyl groups excluding tert-OH is 1. The number of benzene rings is 1. The highest BCUT2D eigenvalue weighted by Crippen LogP contribution is 2.46. The molecule has 7 N–H and O–H groups in total. The number of amides is 1. The van der Waals surface area contributed by atoms with E-state index in [2.05, 4.69) is 20.3 Å². The summed E-state index contributed by atoms with van der Waals surface area (Å²) in [7, 11) is 0. The van der Waals surface area contributed by atoms with Crippen LogP contribution < -0.4 is 10.1 Å². The number of alkyl halides is 3. The second kappa shape index (κ2) is 15.6. The van der Waals surface area contributed by atoms with E-state index in [4.69, 9.17) is 10.1 Å². The fraction of sp³-hybridized carbons (Fsp3) is 0.393. The maximum atomic E-state index is 12.5. The van der Waals surface area contributed by atoms with Gasteiger partial charge in [0.05, 0.1) is 41.1 Å². The molecular formula is C28H33F3N6O7S2. The first-order chi connectivity index (χ1) is 21.3. The molecule has 1 amide bonds. The lowest BCUT2D eigenvalue weighted by atomic mass is 9.83. The summed E-state index contributed by atoms with van der Waals surface area (Å²) in [5.74, 6) is -1.20. The highest BCUT2D eigenvalue weighted by molar-refractivity contribution is 8.03. The van der Waals surface area contributed by atoms with Crippen LogP contribution in [-0.2, 0) is 26.5 Å². The standard InChI is InChI=1S/C16H14F3N3O2S.C12H17N3O4S.H2O/c1-10-13(20-7-6-14(10)24-9-16(17,18)19)8-25(23)15-21-11-4-2-3-5-12(11)22-15;1-6(16)9-7-4-8(20-3-2-14-5-13)10(12(18)19)15(7)11(9)17;/h2-7H,8-9H2,1H3,(H,21,22);5-7,9,16H,2-4H2,1H3,(H2,13,14)(H,18,19);1H2/t;6-,7-,9-;/m.1./s1. The number of carboxylic acids is 1. The molecule has 0 radical (unpaired) electrons. The number of hydrogen-bond acceptors (Lipinski definition) is 9. The van der Waals surface area contributed by atoms with Crippen LogP contribution in [0.1, 0.15) is 24.6 Å². The molecule has 46 heavy (non-hydrogen) atoms. The molecule has 1 unspecified atom stereocenters. The van der Waals surface area contributed by atoms with Crippen LogP contribution in [0.25, 0.3) is 11.0 Å². The monoisotopic (exact) mass is 686 g/mol. The number of ether oxygens (including phenoxy) is 1. The highest BCUT2D eigenvalue weighted by atomic mass is 32.2. The van der Waals surface area contributed by atoms with Gasteiger partial charge in [-0.25, -0.2) is 4.79 Å². The summed E-state index contributed by atoms with van der Waals surface area (Å²) in [4.78, 5) is 36.6. The van der Waals surface area contributed by atoms with Crippen molar-refractivity contribution in [2.75, 3.05) is 18.9 Å². The lowest BCUT2D eigenvalue weighted by molar-refractivity contribution is -0.161. The Hall–Kier alpha value is -3.84. The average Bonchev–Trinajstić information content (AvgIpc) is 3.55. The number of β-lactam (4-membered cyclic amide) rings is 1. The zero-order valence-electron chi connectivity index (χ0n) is 24.6. The molecule has 0 saturated carbocycles. The minimum Gasteiger partial charge on any atom is -0.609 e. The van der Waals surface area contributed by atoms with Crippen molar-refractivity contribution >= 4 is 52.2 Å². The van der Waals surface area contributed by atoms with E-state index in [0.29, 0.717) is 45.6 Å². The molecule has 2 aliphatic heterocycles. The van der Waals surface area contributed by atoms with Crippen LogP contribution in [0.5, 0.6) is 5.75 Å². The molecule has 18 heteroatoms. The summed E-state index contributed by atoms with van der Waals surface area (Å²) in [5.41, 5.74) is 2.34. The molecule has 250 valence electrons. The van der Waals surface area contributed by atoms with Gasteiger partial charge in [0.15, 0.2) is 12.4 Å². The van der Waals surface area contributed by atoms with Gasteiger partial charge in [-0.05, 0) is 32.0 Å². The number of halogens is 3. The summed E-state index contributed by atoms with van der Waals surface area (Å²) >= 11 is -0.132. The highest BCUT2D eigenvalue weighted by Gasteiger charge is 2.56. The molecule has 0 bridgehead atoms. The third-order valence-corrected chi connectivity index (χ3v) is 9.29. The number of H-pyrrole nitrogens is 1.